The Kier molecular flexibility index (Phi) is 11.1. The first-order chi connectivity index (χ1) is 19.5. The van der Waals surface area contributed by atoms with E-state index < -0.39 is 35.4 Å². The van der Waals surface area contributed by atoms with Crippen LogP contribution >= 0.6 is 0 Å². The predicted molar refractivity (Wildman–Crippen MR) is 154 cm³/mol. The lowest BCUT2D eigenvalue weighted by Gasteiger charge is -2.36. The third-order valence-electron chi connectivity index (χ3n) is 6.72. The number of amides is 4. The molecule has 1 aliphatic rings. The largest absolute Gasteiger partial charge is 0.374 e. The zero-order chi connectivity index (χ0) is 30.0. The van der Waals surface area contributed by atoms with E-state index in [2.05, 4.69) is 20.9 Å². The number of ether oxygens (including phenoxy) is 1. The van der Waals surface area contributed by atoms with Crippen LogP contribution in [0.1, 0.15) is 38.8 Å². The van der Waals surface area contributed by atoms with Gasteiger partial charge in [0, 0.05) is 24.8 Å². The van der Waals surface area contributed by atoms with Gasteiger partial charge in [0.15, 0.2) is 0 Å². The summed E-state index contributed by atoms with van der Waals surface area (Å²) in [5, 5.41) is 8.25. The van der Waals surface area contributed by atoms with E-state index in [1.54, 1.807) is 38.6 Å². The molecule has 1 aliphatic heterocycles. The number of nitrogens with one attached hydrogen (secondary N) is 3. The summed E-state index contributed by atoms with van der Waals surface area (Å²) < 4.78 is 5.87. The summed E-state index contributed by atoms with van der Waals surface area (Å²) in [6.45, 7) is 7.32. The van der Waals surface area contributed by atoms with E-state index >= 15 is 0 Å². The molecule has 4 amide bonds. The molecule has 3 N–H and O–H groups in total. The third-order valence-corrected chi connectivity index (χ3v) is 6.72. The van der Waals surface area contributed by atoms with Crippen molar-refractivity contribution in [3.05, 3.63) is 78.4 Å². The van der Waals surface area contributed by atoms with Gasteiger partial charge in [0.25, 0.3) is 5.91 Å². The Morgan fingerprint density at radius 3 is 2.37 bits per heavy atom. The van der Waals surface area contributed by atoms with E-state index in [0.29, 0.717) is 0 Å². The van der Waals surface area contributed by atoms with Gasteiger partial charge in [-0.1, -0.05) is 57.2 Å². The number of likely N-dealkylation sites (N-methyl/N-ethyl adjacent to an activating group) is 1. The summed E-state index contributed by atoms with van der Waals surface area (Å²) in [5.41, 5.74) is 1.16. The van der Waals surface area contributed by atoms with Crippen molar-refractivity contribution in [1.82, 2.24) is 30.7 Å². The van der Waals surface area contributed by atoms with Gasteiger partial charge in [0.1, 0.15) is 12.1 Å². The monoisotopic (exact) mass is 564 g/mol. The Bertz CT molecular complexity index is 1210. The first-order valence-corrected chi connectivity index (χ1v) is 13.6. The molecule has 2 heterocycles. The number of benzene rings is 1. The maximum atomic E-state index is 13.5. The highest BCUT2D eigenvalue weighted by Gasteiger charge is 2.37. The normalized spacial score (nSPS) is 16.7. The van der Waals surface area contributed by atoms with Crippen LogP contribution < -0.4 is 16.0 Å². The second kappa shape index (κ2) is 14.5. The summed E-state index contributed by atoms with van der Waals surface area (Å²) >= 11 is 0. The second-order valence-electron chi connectivity index (χ2n) is 11.0. The van der Waals surface area contributed by atoms with Gasteiger partial charge in [-0.15, -0.1) is 0 Å². The van der Waals surface area contributed by atoms with Gasteiger partial charge >= 0.3 is 0 Å². The Hall–Kier alpha value is -4.09. The Morgan fingerprint density at radius 1 is 1.02 bits per heavy atom. The Balaban J connectivity index is 1.72. The van der Waals surface area contributed by atoms with Crippen molar-refractivity contribution in [2.45, 2.75) is 59.0 Å². The molecule has 11 nitrogen and oxygen atoms in total. The highest BCUT2D eigenvalue weighted by atomic mass is 16.5. The van der Waals surface area contributed by atoms with Crippen LogP contribution in [0, 0.1) is 5.41 Å². The van der Waals surface area contributed by atoms with Crippen LogP contribution in [0.2, 0.25) is 0 Å². The minimum atomic E-state index is -0.931. The van der Waals surface area contributed by atoms with Crippen molar-refractivity contribution in [2.24, 2.45) is 5.41 Å². The molecule has 0 spiro atoms. The number of hydrogen-bond donors (Lipinski definition) is 3. The van der Waals surface area contributed by atoms with E-state index in [9.17, 15) is 19.2 Å². The smallest absolute Gasteiger partial charge is 0.252 e. The number of rotatable bonds is 12. The number of nitrogens with zero attached hydrogens (tertiary/aromatic N) is 3. The summed E-state index contributed by atoms with van der Waals surface area (Å²) in [5.74, 6) is -1.63. The lowest BCUT2D eigenvalue weighted by Crippen LogP contribution is -2.58. The maximum Gasteiger partial charge on any atom is 0.252 e. The molecule has 0 radical (unpaired) electrons. The number of carbonyl (C=O) groups excluding carboxylic acids is 4. The van der Waals surface area contributed by atoms with Crippen molar-refractivity contribution in [3.8, 4) is 0 Å². The molecule has 0 unspecified atom stereocenters. The molecule has 0 bridgehead atoms. The second-order valence-corrected chi connectivity index (χ2v) is 11.0. The van der Waals surface area contributed by atoms with Crippen LogP contribution in [0.15, 0.2) is 67.3 Å². The van der Waals surface area contributed by atoms with Crippen molar-refractivity contribution >= 4 is 23.6 Å². The summed E-state index contributed by atoms with van der Waals surface area (Å²) in [6, 6.07) is 10.9. The van der Waals surface area contributed by atoms with Crippen LogP contribution in [0.4, 0.5) is 0 Å². The van der Waals surface area contributed by atoms with Gasteiger partial charge in [0.2, 0.25) is 17.7 Å². The van der Waals surface area contributed by atoms with Crippen molar-refractivity contribution in [1.29, 1.82) is 0 Å². The molecular weight excluding hydrogens is 524 g/mol. The molecule has 0 fully saturated rings. The summed E-state index contributed by atoms with van der Waals surface area (Å²) in [7, 11) is 1.65. The molecule has 1 aromatic carbocycles. The number of aromatic nitrogens is 1. The Labute approximate surface area is 241 Å². The third kappa shape index (κ3) is 8.95. The SMILES string of the molecule is CN[C@@H](C)C(=O)N[C@H](C(=O)NCC(=O)N1C=CN(Cc2cccnc2)C(=O)[C@@H]1COCc1ccccc1)C(C)(C)C. The number of carbonyl (C=O) groups is 4. The van der Waals surface area contributed by atoms with Gasteiger partial charge in [-0.2, -0.15) is 0 Å². The standard InChI is InChI=1S/C30H40N6O5/c1-21(31-5)27(38)34-26(30(2,3)4)28(39)33-17-25(37)36-15-14-35(18-23-12-9-13-32-16-23)29(40)24(36)20-41-19-22-10-7-6-8-11-22/h6-16,21,24,26,31H,17-20H2,1-5H3,(H,33,39)(H,34,38)/t21-,24-,26+/m0/s1. The quantitative estimate of drug-likeness (QED) is 0.356. The molecule has 2 aromatic rings. The minimum Gasteiger partial charge on any atom is -0.374 e. The van der Waals surface area contributed by atoms with E-state index in [1.165, 1.54) is 16.0 Å². The minimum absolute atomic E-state index is 0.0378. The fourth-order valence-electron chi connectivity index (χ4n) is 4.16. The molecular formula is C30H40N6O5. The molecule has 220 valence electrons. The lowest BCUT2D eigenvalue weighted by atomic mass is 9.86. The zero-order valence-electron chi connectivity index (χ0n) is 24.3. The molecule has 11 heteroatoms. The fraction of sp³-hybridized carbons (Fsp3) is 0.433. The average molecular weight is 565 g/mol. The molecule has 0 saturated heterocycles. The first-order valence-electron chi connectivity index (χ1n) is 13.6. The summed E-state index contributed by atoms with van der Waals surface area (Å²) in [6.07, 6.45) is 6.40. The van der Waals surface area contributed by atoms with Gasteiger partial charge in [-0.25, -0.2) is 0 Å². The lowest BCUT2D eigenvalue weighted by molar-refractivity contribution is -0.146. The van der Waals surface area contributed by atoms with Gasteiger partial charge in [-0.05, 0) is 36.6 Å². The molecule has 0 saturated carbocycles. The molecule has 3 atom stereocenters. The van der Waals surface area contributed by atoms with Gasteiger partial charge < -0.3 is 30.5 Å². The molecule has 1 aromatic heterocycles. The topological polar surface area (TPSA) is 133 Å². The molecule has 41 heavy (non-hydrogen) atoms. The highest BCUT2D eigenvalue weighted by molar-refractivity contribution is 5.94. The number of hydrogen-bond acceptors (Lipinski definition) is 7. The van der Waals surface area contributed by atoms with Crippen LogP contribution in [0.25, 0.3) is 0 Å². The zero-order valence-corrected chi connectivity index (χ0v) is 24.3. The van der Waals surface area contributed by atoms with E-state index in [1.807, 2.05) is 57.2 Å². The van der Waals surface area contributed by atoms with Crippen LogP contribution in [0.3, 0.4) is 0 Å². The van der Waals surface area contributed by atoms with E-state index in [0.717, 1.165) is 11.1 Å². The van der Waals surface area contributed by atoms with Crippen LogP contribution in [0.5, 0.6) is 0 Å². The van der Waals surface area contributed by atoms with Crippen molar-refractivity contribution in [2.75, 3.05) is 20.2 Å². The van der Waals surface area contributed by atoms with Crippen molar-refractivity contribution < 1.29 is 23.9 Å². The van der Waals surface area contributed by atoms with Gasteiger partial charge in [0.05, 0.1) is 32.3 Å². The van der Waals surface area contributed by atoms with Crippen molar-refractivity contribution in [3.63, 3.8) is 0 Å². The fourth-order valence-corrected chi connectivity index (χ4v) is 4.16. The van der Waals surface area contributed by atoms with Crippen LogP contribution in [-0.4, -0.2) is 76.7 Å². The average Bonchev–Trinajstić information content (AvgIpc) is 2.96. The molecule has 0 aliphatic carbocycles. The maximum absolute atomic E-state index is 13.5. The molecule has 3 rings (SSSR count). The van der Waals surface area contributed by atoms with E-state index in [-0.39, 0.29) is 38.1 Å². The Morgan fingerprint density at radius 2 is 1.73 bits per heavy atom. The number of pyridine rings is 1. The van der Waals surface area contributed by atoms with Crippen LogP contribution in [-0.2, 0) is 37.1 Å². The van der Waals surface area contributed by atoms with E-state index in [4.69, 9.17) is 4.74 Å². The highest BCUT2D eigenvalue weighted by Crippen LogP contribution is 2.20. The van der Waals surface area contributed by atoms with Gasteiger partial charge in [-0.3, -0.25) is 24.2 Å². The summed E-state index contributed by atoms with van der Waals surface area (Å²) in [4.78, 5) is 59.3. The first kappa shape index (κ1) is 31.4. The predicted octanol–water partition coefficient (Wildman–Crippen LogP) is 1.56.